The van der Waals surface area contributed by atoms with Gasteiger partial charge in [0.15, 0.2) is 5.65 Å². The maximum absolute atomic E-state index is 10.8. The molecule has 1 fully saturated rings. The van der Waals surface area contributed by atoms with Gasteiger partial charge in [0, 0.05) is 25.8 Å². The van der Waals surface area contributed by atoms with Gasteiger partial charge in [0.1, 0.15) is 5.75 Å². The van der Waals surface area contributed by atoms with Crippen LogP contribution in [0.1, 0.15) is 5.56 Å². The highest BCUT2D eigenvalue weighted by Gasteiger charge is 2.25. The minimum absolute atomic E-state index is 0.223. The van der Waals surface area contributed by atoms with Gasteiger partial charge >= 0.3 is 6.09 Å². The molecule has 158 valence electrons. The van der Waals surface area contributed by atoms with Crippen LogP contribution in [-0.2, 0) is 11.3 Å². The number of halogens is 1. The molecule has 2 aromatic heterocycles. The quantitative estimate of drug-likeness (QED) is 0.564. The van der Waals surface area contributed by atoms with Crippen LogP contribution in [0.2, 0.25) is 0 Å². The average Bonchev–Trinajstić information content (AvgIpc) is 3.15. The number of carboxylic acid groups (broad SMARTS) is 1. The molecule has 0 bridgehead atoms. The van der Waals surface area contributed by atoms with Crippen LogP contribution in [0.3, 0.4) is 0 Å². The van der Waals surface area contributed by atoms with E-state index in [0.717, 1.165) is 32.5 Å². The van der Waals surface area contributed by atoms with Gasteiger partial charge in [0.25, 0.3) is 0 Å². The van der Waals surface area contributed by atoms with Crippen molar-refractivity contribution in [2.75, 3.05) is 38.3 Å². The number of carbonyl (C=O) groups is 1. The van der Waals surface area contributed by atoms with Gasteiger partial charge in [-0.25, -0.2) is 14.5 Å². The molecule has 9 nitrogen and oxygen atoms in total. The molecule has 0 saturated carbocycles. The summed E-state index contributed by atoms with van der Waals surface area (Å²) in [5.74, 6) is 0.813. The largest absolute Gasteiger partial charge is 0.497 e. The van der Waals surface area contributed by atoms with Crippen LogP contribution >= 0.6 is 15.9 Å². The van der Waals surface area contributed by atoms with E-state index in [0.29, 0.717) is 26.2 Å². The minimum atomic E-state index is -1.05. The fourth-order valence-electron chi connectivity index (χ4n) is 3.58. The Morgan fingerprint density at radius 3 is 2.90 bits per heavy atom. The standard InChI is InChI=1S/C20H22BrN5O4/c1-29-14-4-2-13(3-5-14)11-26-19-16(9-24-26)18(17(21)10-22-19)25-6-7-30-15(12-25)8-23-20(27)28/h2-5,9-10,15,23H,6-8,11-12H2,1H3,(H,27,28). The fraction of sp³-hybridized carbons (Fsp3) is 0.350. The molecule has 1 aliphatic rings. The van der Waals surface area contributed by atoms with Crippen molar-refractivity contribution in [3.63, 3.8) is 0 Å². The maximum Gasteiger partial charge on any atom is 0.404 e. The zero-order valence-electron chi connectivity index (χ0n) is 16.4. The van der Waals surface area contributed by atoms with Gasteiger partial charge in [0.2, 0.25) is 0 Å². The van der Waals surface area contributed by atoms with E-state index >= 15 is 0 Å². The van der Waals surface area contributed by atoms with E-state index in [-0.39, 0.29) is 12.6 Å². The molecule has 1 saturated heterocycles. The van der Waals surface area contributed by atoms with Gasteiger partial charge in [-0.2, -0.15) is 5.10 Å². The fourth-order valence-corrected chi connectivity index (χ4v) is 4.14. The lowest BCUT2D eigenvalue weighted by atomic mass is 10.2. The molecule has 1 aromatic carbocycles. The number of rotatable bonds is 6. The molecule has 4 rings (SSSR count). The summed E-state index contributed by atoms with van der Waals surface area (Å²) in [5.41, 5.74) is 2.87. The molecule has 1 aliphatic heterocycles. The molecule has 3 aromatic rings. The van der Waals surface area contributed by atoms with Gasteiger partial charge < -0.3 is 24.8 Å². The normalized spacial score (nSPS) is 16.6. The first kappa shape index (κ1) is 20.4. The Labute approximate surface area is 181 Å². The number of nitrogens with one attached hydrogen (secondary N) is 1. The maximum atomic E-state index is 10.8. The topological polar surface area (TPSA) is 102 Å². The molecule has 2 N–H and O–H groups in total. The molecule has 1 amide bonds. The van der Waals surface area contributed by atoms with Crippen LogP contribution in [0.5, 0.6) is 5.75 Å². The Balaban J connectivity index is 1.59. The molecule has 3 heterocycles. The van der Waals surface area contributed by atoms with Crippen molar-refractivity contribution in [3.8, 4) is 5.75 Å². The van der Waals surface area contributed by atoms with Crippen molar-refractivity contribution in [2.24, 2.45) is 0 Å². The van der Waals surface area contributed by atoms with Gasteiger partial charge in [0.05, 0.1) is 48.1 Å². The summed E-state index contributed by atoms with van der Waals surface area (Å²) in [4.78, 5) is 17.6. The summed E-state index contributed by atoms with van der Waals surface area (Å²) < 4.78 is 13.7. The number of aromatic nitrogens is 3. The highest BCUT2D eigenvalue weighted by molar-refractivity contribution is 9.10. The molecule has 0 radical (unpaired) electrons. The zero-order valence-corrected chi connectivity index (χ0v) is 18.0. The number of morpholine rings is 1. The number of amides is 1. The van der Waals surface area contributed by atoms with Crippen molar-refractivity contribution < 1.29 is 19.4 Å². The van der Waals surface area contributed by atoms with Gasteiger partial charge in [-0.05, 0) is 33.6 Å². The van der Waals surface area contributed by atoms with E-state index in [1.54, 1.807) is 13.3 Å². The van der Waals surface area contributed by atoms with Crippen molar-refractivity contribution in [1.82, 2.24) is 20.1 Å². The summed E-state index contributed by atoms with van der Waals surface area (Å²) >= 11 is 3.62. The Morgan fingerprint density at radius 1 is 1.37 bits per heavy atom. The van der Waals surface area contributed by atoms with E-state index in [9.17, 15) is 4.79 Å². The number of ether oxygens (including phenoxy) is 2. The molecule has 10 heteroatoms. The third-order valence-electron chi connectivity index (χ3n) is 5.02. The summed E-state index contributed by atoms with van der Waals surface area (Å²) in [7, 11) is 1.65. The number of methoxy groups -OCH3 is 1. The van der Waals surface area contributed by atoms with Crippen molar-refractivity contribution >= 4 is 38.7 Å². The van der Waals surface area contributed by atoms with Gasteiger partial charge in [-0.15, -0.1) is 0 Å². The van der Waals surface area contributed by atoms with Crippen LogP contribution in [0.15, 0.2) is 41.1 Å². The van der Waals surface area contributed by atoms with Crippen LogP contribution in [-0.4, -0.2) is 65.4 Å². The Morgan fingerprint density at radius 2 is 2.17 bits per heavy atom. The molecule has 1 atom stereocenters. The zero-order chi connectivity index (χ0) is 21.1. The molecular formula is C20H22BrN5O4. The Hall–Kier alpha value is -2.85. The summed E-state index contributed by atoms with van der Waals surface area (Å²) in [6.45, 7) is 2.62. The first-order valence-corrected chi connectivity index (χ1v) is 10.3. The van der Waals surface area contributed by atoms with E-state index in [2.05, 4.69) is 36.2 Å². The SMILES string of the molecule is COc1ccc(Cn2ncc3c(N4CCOC(CNC(=O)O)C4)c(Br)cnc32)cc1. The van der Waals surface area contributed by atoms with E-state index in [1.165, 1.54) is 0 Å². The average molecular weight is 476 g/mol. The van der Waals surface area contributed by atoms with Crippen LogP contribution in [0.25, 0.3) is 11.0 Å². The second-order valence-corrected chi connectivity index (χ2v) is 7.82. The molecule has 1 unspecified atom stereocenters. The number of hydrogen-bond donors (Lipinski definition) is 2. The lowest BCUT2D eigenvalue weighted by Crippen LogP contribution is -2.47. The highest BCUT2D eigenvalue weighted by Crippen LogP contribution is 2.34. The number of anilines is 1. The predicted molar refractivity (Wildman–Crippen MR) is 115 cm³/mol. The van der Waals surface area contributed by atoms with Crippen molar-refractivity contribution in [1.29, 1.82) is 0 Å². The smallest absolute Gasteiger partial charge is 0.404 e. The van der Waals surface area contributed by atoms with E-state index in [4.69, 9.17) is 14.6 Å². The van der Waals surface area contributed by atoms with Crippen LogP contribution < -0.4 is 15.0 Å². The van der Waals surface area contributed by atoms with Gasteiger partial charge in [-0.1, -0.05) is 12.1 Å². The van der Waals surface area contributed by atoms with E-state index in [1.807, 2.05) is 35.1 Å². The molecular weight excluding hydrogens is 454 g/mol. The number of pyridine rings is 1. The summed E-state index contributed by atoms with van der Waals surface area (Å²) in [6.07, 6.45) is 2.33. The second kappa shape index (κ2) is 8.88. The lowest BCUT2D eigenvalue weighted by molar-refractivity contribution is 0.0411. The number of hydrogen-bond acceptors (Lipinski definition) is 6. The molecule has 0 spiro atoms. The molecule has 30 heavy (non-hydrogen) atoms. The van der Waals surface area contributed by atoms with Crippen LogP contribution in [0.4, 0.5) is 10.5 Å². The minimum Gasteiger partial charge on any atom is -0.497 e. The number of benzene rings is 1. The lowest BCUT2D eigenvalue weighted by Gasteiger charge is -2.35. The third-order valence-corrected chi connectivity index (χ3v) is 5.60. The van der Waals surface area contributed by atoms with Gasteiger partial charge in [-0.3, -0.25) is 0 Å². The Bertz CT molecular complexity index is 1040. The highest BCUT2D eigenvalue weighted by atomic mass is 79.9. The molecule has 0 aliphatic carbocycles. The summed E-state index contributed by atoms with van der Waals surface area (Å²) in [6, 6.07) is 7.87. The van der Waals surface area contributed by atoms with Crippen molar-refractivity contribution in [3.05, 3.63) is 46.7 Å². The third kappa shape index (κ3) is 4.34. The second-order valence-electron chi connectivity index (χ2n) is 6.97. The van der Waals surface area contributed by atoms with Crippen LogP contribution in [0, 0.1) is 0 Å². The number of fused-ring (bicyclic) bond motifs is 1. The first-order valence-electron chi connectivity index (χ1n) is 9.51. The predicted octanol–water partition coefficient (Wildman–Crippen LogP) is 2.72. The van der Waals surface area contributed by atoms with E-state index < -0.39 is 6.09 Å². The Kier molecular flexibility index (Phi) is 6.05. The monoisotopic (exact) mass is 475 g/mol. The summed E-state index contributed by atoms with van der Waals surface area (Å²) in [5, 5.41) is 16.7. The first-order chi connectivity index (χ1) is 14.5. The van der Waals surface area contributed by atoms with Crippen molar-refractivity contribution in [2.45, 2.75) is 12.6 Å². The number of nitrogens with zero attached hydrogens (tertiary/aromatic N) is 4.